The number of nitrogens with zero attached hydrogens (tertiary/aromatic N) is 2. The van der Waals surface area contributed by atoms with E-state index in [-0.39, 0.29) is 11.7 Å². The standard InChI is InChI=1S/C19H19N3O4S/c1-12-7-8-16(25-3)15(9-12)20-17(23)11-27-19-22-21-18(26-19)13-5-4-6-14(10-13)24-2/h4-10H,11H2,1-3H3,(H,20,23). The van der Waals surface area contributed by atoms with Crippen LogP contribution in [0.3, 0.4) is 0 Å². The summed E-state index contributed by atoms with van der Waals surface area (Å²) in [5.41, 5.74) is 2.41. The van der Waals surface area contributed by atoms with Crippen molar-refractivity contribution in [3.63, 3.8) is 0 Å². The molecule has 7 nitrogen and oxygen atoms in total. The molecule has 0 fully saturated rings. The molecule has 1 aromatic heterocycles. The molecule has 8 heteroatoms. The molecule has 3 aromatic rings. The van der Waals surface area contributed by atoms with Gasteiger partial charge in [-0.25, -0.2) is 0 Å². The number of aromatic nitrogens is 2. The Morgan fingerprint density at radius 1 is 1.15 bits per heavy atom. The van der Waals surface area contributed by atoms with Crippen molar-refractivity contribution in [3.8, 4) is 23.0 Å². The zero-order valence-corrected chi connectivity index (χ0v) is 16.0. The minimum atomic E-state index is -0.190. The number of aryl methyl sites for hydroxylation is 1. The summed E-state index contributed by atoms with van der Waals surface area (Å²) in [6.45, 7) is 1.95. The number of amides is 1. The van der Waals surface area contributed by atoms with Gasteiger partial charge in [-0.1, -0.05) is 23.9 Å². The lowest BCUT2D eigenvalue weighted by Crippen LogP contribution is -2.14. The Kier molecular flexibility index (Phi) is 5.97. The molecule has 0 atom stereocenters. The molecule has 0 bridgehead atoms. The van der Waals surface area contributed by atoms with E-state index in [2.05, 4.69) is 15.5 Å². The summed E-state index contributed by atoms with van der Waals surface area (Å²) in [6.07, 6.45) is 0. The van der Waals surface area contributed by atoms with Crippen molar-refractivity contribution < 1.29 is 18.7 Å². The highest BCUT2D eigenvalue weighted by Crippen LogP contribution is 2.27. The Hall–Kier alpha value is -3.00. The van der Waals surface area contributed by atoms with Gasteiger partial charge >= 0.3 is 0 Å². The van der Waals surface area contributed by atoms with E-state index in [1.807, 2.05) is 43.3 Å². The molecule has 0 aliphatic carbocycles. The zero-order chi connectivity index (χ0) is 19.2. The molecule has 140 valence electrons. The van der Waals surface area contributed by atoms with Gasteiger partial charge in [-0.15, -0.1) is 10.2 Å². The van der Waals surface area contributed by atoms with Gasteiger partial charge in [0, 0.05) is 5.56 Å². The van der Waals surface area contributed by atoms with E-state index in [4.69, 9.17) is 13.9 Å². The molecular weight excluding hydrogens is 366 g/mol. The molecule has 0 saturated carbocycles. The molecule has 1 amide bonds. The first-order chi connectivity index (χ1) is 13.1. The topological polar surface area (TPSA) is 86.5 Å². The monoisotopic (exact) mass is 385 g/mol. The SMILES string of the molecule is COc1cccc(-c2nnc(SCC(=O)Nc3cc(C)ccc3OC)o2)c1. The zero-order valence-electron chi connectivity index (χ0n) is 15.2. The fraction of sp³-hybridized carbons (Fsp3) is 0.211. The average molecular weight is 385 g/mol. The number of hydrogen-bond acceptors (Lipinski definition) is 7. The van der Waals surface area contributed by atoms with Gasteiger partial charge in [0.15, 0.2) is 0 Å². The minimum Gasteiger partial charge on any atom is -0.497 e. The first-order valence-corrected chi connectivity index (χ1v) is 9.13. The average Bonchev–Trinajstić information content (AvgIpc) is 3.16. The second-order valence-corrected chi connectivity index (χ2v) is 6.57. The van der Waals surface area contributed by atoms with E-state index < -0.39 is 0 Å². The summed E-state index contributed by atoms with van der Waals surface area (Å²) in [7, 11) is 3.16. The predicted molar refractivity (Wildman–Crippen MR) is 103 cm³/mol. The summed E-state index contributed by atoms with van der Waals surface area (Å²) >= 11 is 1.17. The van der Waals surface area contributed by atoms with Crippen molar-refractivity contribution in [2.75, 3.05) is 25.3 Å². The number of methoxy groups -OCH3 is 2. The van der Waals surface area contributed by atoms with Gasteiger partial charge in [0.2, 0.25) is 11.8 Å². The highest BCUT2D eigenvalue weighted by Gasteiger charge is 2.13. The number of carbonyl (C=O) groups is 1. The van der Waals surface area contributed by atoms with Gasteiger partial charge in [-0.3, -0.25) is 4.79 Å². The van der Waals surface area contributed by atoms with Crippen LogP contribution in [0.2, 0.25) is 0 Å². The van der Waals surface area contributed by atoms with Crippen molar-refractivity contribution >= 4 is 23.4 Å². The van der Waals surface area contributed by atoms with E-state index in [0.717, 1.165) is 11.1 Å². The van der Waals surface area contributed by atoms with Crippen LogP contribution in [0, 0.1) is 6.92 Å². The smallest absolute Gasteiger partial charge is 0.277 e. The molecule has 1 heterocycles. The van der Waals surface area contributed by atoms with Crippen LogP contribution in [0.1, 0.15) is 5.56 Å². The van der Waals surface area contributed by atoms with Crippen LogP contribution in [0.4, 0.5) is 5.69 Å². The molecule has 0 aliphatic rings. The van der Waals surface area contributed by atoms with E-state index in [1.54, 1.807) is 20.3 Å². The number of carbonyl (C=O) groups excluding carboxylic acids is 1. The fourth-order valence-corrected chi connectivity index (χ4v) is 2.94. The maximum atomic E-state index is 12.2. The Bertz CT molecular complexity index is 942. The molecule has 27 heavy (non-hydrogen) atoms. The quantitative estimate of drug-likeness (QED) is 0.619. The van der Waals surface area contributed by atoms with Crippen molar-refractivity contribution in [3.05, 3.63) is 48.0 Å². The second kappa shape index (κ2) is 8.59. The van der Waals surface area contributed by atoms with Crippen LogP contribution < -0.4 is 14.8 Å². The first-order valence-electron chi connectivity index (χ1n) is 8.14. The van der Waals surface area contributed by atoms with Gasteiger partial charge < -0.3 is 19.2 Å². The van der Waals surface area contributed by atoms with Crippen LogP contribution in [0.15, 0.2) is 52.1 Å². The van der Waals surface area contributed by atoms with Crippen molar-refractivity contribution in [2.24, 2.45) is 0 Å². The summed E-state index contributed by atoms with van der Waals surface area (Å²) < 4.78 is 16.1. The number of thioether (sulfide) groups is 1. The number of anilines is 1. The third kappa shape index (κ3) is 4.79. The normalized spacial score (nSPS) is 10.5. The minimum absolute atomic E-state index is 0.136. The van der Waals surface area contributed by atoms with Gasteiger partial charge in [0.25, 0.3) is 5.22 Å². The third-order valence-electron chi connectivity index (χ3n) is 3.68. The van der Waals surface area contributed by atoms with Gasteiger partial charge in [-0.05, 0) is 42.8 Å². The molecule has 0 spiro atoms. The molecule has 0 saturated heterocycles. The van der Waals surface area contributed by atoms with Crippen molar-refractivity contribution in [2.45, 2.75) is 12.1 Å². The Labute approximate surface area is 161 Å². The molecule has 2 aromatic carbocycles. The van der Waals surface area contributed by atoms with Crippen LogP contribution >= 0.6 is 11.8 Å². The lowest BCUT2D eigenvalue weighted by Gasteiger charge is -2.10. The van der Waals surface area contributed by atoms with Crippen LogP contribution in [0.5, 0.6) is 11.5 Å². The molecule has 3 rings (SSSR count). The summed E-state index contributed by atoms with van der Waals surface area (Å²) in [4.78, 5) is 12.2. The number of rotatable bonds is 7. The summed E-state index contributed by atoms with van der Waals surface area (Å²) in [5, 5.41) is 11.1. The predicted octanol–water partition coefficient (Wildman–Crippen LogP) is 3.79. The maximum absolute atomic E-state index is 12.2. The van der Waals surface area contributed by atoms with E-state index >= 15 is 0 Å². The van der Waals surface area contributed by atoms with E-state index in [9.17, 15) is 4.79 Å². The third-order valence-corrected chi connectivity index (χ3v) is 4.50. The molecule has 0 aliphatic heterocycles. The molecule has 0 unspecified atom stereocenters. The van der Waals surface area contributed by atoms with Gasteiger partial charge in [-0.2, -0.15) is 0 Å². The Morgan fingerprint density at radius 3 is 2.78 bits per heavy atom. The molecule has 1 N–H and O–H groups in total. The Balaban J connectivity index is 1.61. The Morgan fingerprint density at radius 2 is 2.00 bits per heavy atom. The number of nitrogens with one attached hydrogen (secondary N) is 1. The van der Waals surface area contributed by atoms with Gasteiger partial charge in [0.05, 0.1) is 25.7 Å². The highest BCUT2D eigenvalue weighted by molar-refractivity contribution is 7.99. The lowest BCUT2D eigenvalue weighted by molar-refractivity contribution is -0.113. The molecule has 0 radical (unpaired) electrons. The van der Waals surface area contributed by atoms with Crippen LogP contribution in [-0.4, -0.2) is 36.1 Å². The summed E-state index contributed by atoms with van der Waals surface area (Å²) in [5.74, 6) is 1.63. The number of hydrogen-bond donors (Lipinski definition) is 1. The maximum Gasteiger partial charge on any atom is 0.277 e. The van der Waals surface area contributed by atoms with E-state index in [0.29, 0.717) is 28.3 Å². The highest BCUT2D eigenvalue weighted by atomic mass is 32.2. The van der Waals surface area contributed by atoms with Crippen LogP contribution in [0.25, 0.3) is 11.5 Å². The van der Waals surface area contributed by atoms with Crippen LogP contribution in [-0.2, 0) is 4.79 Å². The van der Waals surface area contributed by atoms with Crippen molar-refractivity contribution in [1.29, 1.82) is 0 Å². The van der Waals surface area contributed by atoms with Gasteiger partial charge in [0.1, 0.15) is 11.5 Å². The van der Waals surface area contributed by atoms with Crippen molar-refractivity contribution in [1.82, 2.24) is 10.2 Å². The largest absolute Gasteiger partial charge is 0.497 e. The first kappa shape index (κ1) is 18.8. The lowest BCUT2D eigenvalue weighted by atomic mass is 10.2. The number of ether oxygens (including phenoxy) is 2. The molecular formula is C19H19N3O4S. The van der Waals surface area contributed by atoms with E-state index in [1.165, 1.54) is 11.8 Å². The second-order valence-electron chi connectivity index (χ2n) is 5.65. The summed E-state index contributed by atoms with van der Waals surface area (Å²) in [6, 6.07) is 12.9. The fourth-order valence-electron chi connectivity index (χ4n) is 2.37. The number of benzene rings is 2.